The van der Waals surface area contributed by atoms with Crippen LogP contribution in [0.3, 0.4) is 0 Å². The molecule has 2 aromatic rings. The van der Waals surface area contributed by atoms with Gasteiger partial charge in [0, 0.05) is 69.8 Å². The van der Waals surface area contributed by atoms with Gasteiger partial charge in [0.25, 0.3) is 0 Å². The van der Waals surface area contributed by atoms with E-state index in [1.165, 1.54) is 18.5 Å². The van der Waals surface area contributed by atoms with E-state index in [0.717, 1.165) is 37.6 Å². The van der Waals surface area contributed by atoms with Crippen LogP contribution in [0.25, 0.3) is 0 Å². The Morgan fingerprint density at radius 1 is 1.26 bits per heavy atom. The fraction of sp³-hybridized carbons (Fsp3) is 0.588. The second-order valence-corrected chi connectivity index (χ2v) is 6.45. The second-order valence-electron chi connectivity index (χ2n) is 6.45. The van der Waals surface area contributed by atoms with Crippen LogP contribution in [0.15, 0.2) is 24.9 Å². The van der Waals surface area contributed by atoms with Gasteiger partial charge in [-0.3, -0.25) is 0 Å². The third kappa shape index (κ3) is 3.88. The van der Waals surface area contributed by atoms with E-state index in [4.69, 9.17) is 0 Å². The van der Waals surface area contributed by atoms with Gasteiger partial charge in [-0.1, -0.05) is 0 Å². The Hall–Kier alpha value is -1.95. The maximum atomic E-state index is 4.41. The smallest absolute Gasteiger partial charge is 0.132 e. The monoisotopic (exact) mass is 314 g/mol. The largest absolute Gasteiger partial charge is 0.356 e. The molecule has 1 saturated heterocycles. The first-order valence-corrected chi connectivity index (χ1v) is 8.32. The Bertz CT molecular complexity index is 630. The molecule has 0 radical (unpaired) electrons. The molecule has 3 rings (SSSR count). The van der Waals surface area contributed by atoms with E-state index < -0.39 is 0 Å². The summed E-state index contributed by atoms with van der Waals surface area (Å²) < 4.78 is 2.11. The van der Waals surface area contributed by atoms with Crippen molar-refractivity contribution in [1.82, 2.24) is 24.4 Å². The summed E-state index contributed by atoms with van der Waals surface area (Å²) in [5, 5.41) is 0. The van der Waals surface area contributed by atoms with E-state index in [1.54, 1.807) is 6.33 Å². The third-order valence-electron chi connectivity index (χ3n) is 4.86. The molecule has 23 heavy (non-hydrogen) atoms. The van der Waals surface area contributed by atoms with Crippen molar-refractivity contribution in [1.29, 1.82) is 0 Å². The number of anilines is 1. The lowest BCUT2D eigenvalue weighted by atomic mass is 10.0. The van der Waals surface area contributed by atoms with Crippen molar-refractivity contribution in [3.63, 3.8) is 0 Å². The average molecular weight is 314 g/mol. The predicted molar refractivity (Wildman–Crippen MR) is 91.5 cm³/mol. The van der Waals surface area contributed by atoms with E-state index in [1.807, 2.05) is 19.4 Å². The number of likely N-dealkylation sites (tertiary alicyclic amines) is 1. The molecule has 0 N–H and O–H groups in total. The van der Waals surface area contributed by atoms with Crippen LogP contribution in [0.1, 0.15) is 24.2 Å². The molecular weight excluding hydrogens is 288 g/mol. The van der Waals surface area contributed by atoms with Gasteiger partial charge in [-0.25, -0.2) is 15.0 Å². The number of imidazole rings is 1. The molecule has 0 spiro atoms. The quantitative estimate of drug-likeness (QED) is 0.840. The third-order valence-corrected chi connectivity index (χ3v) is 4.86. The minimum atomic E-state index is 0.567. The number of hydrogen-bond acceptors (Lipinski definition) is 5. The molecule has 3 heterocycles. The summed E-state index contributed by atoms with van der Waals surface area (Å²) in [6.07, 6.45) is 8.94. The van der Waals surface area contributed by atoms with Crippen LogP contribution in [0.4, 0.5) is 5.82 Å². The molecule has 1 aliphatic rings. The zero-order valence-electron chi connectivity index (χ0n) is 14.3. The van der Waals surface area contributed by atoms with Gasteiger partial charge < -0.3 is 14.4 Å². The van der Waals surface area contributed by atoms with Crippen LogP contribution in [0.2, 0.25) is 0 Å². The SMILES string of the molecule is Cc1cc(N(C)C2CCN(CCc3cncn3C)CC2)ncn1. The number of aromatic nitrogens is 4. The van der Waals surface area contributed by atoms with Crippen molar-refractivity contribution in [2.75, 3.05) is 31.6 Å². The lowest BCUT2D eigenvalue weighted by Crippen LogP contribution is -2.44. The summed E-state index contributed by atoms with van der Waals surface area (Å²) in [5.41, 5.74) is 2.33. The molecule has 6 heteroatoms. The number of rotatable bonds is 5. The van der Waals surface area contributed by atoms with Crippen molar-refractivity contribution in [2.24, 2.45) is 7.05 Å². The highest BCUT2D eigenvalue weighted by Crippen LogP contribution is 2.20. The van der Waals surface area contributed by atoms with Crippen molar-refractivity contribution >= 4 is 5.82 Å². The maximum Gasteiger partial charge on any atom is 0.132 e. The van der Waals surface area contributed by atoms with Crippen molar-refractivity contribution in [3.05, 3.63) is 36.3 Å². The van der Waals surface area contributed by atoms with Crippen molar-refractivity contribution < 1.29 is 0 Å². The molecule has 0 aromatic carbocycles. The normalized spacial score (nSPS) is 16.7. The average Bonchev–Trinajstić information content (AvgIpc) is 2.98. The van der Waals surface area contributed by atoms with E-state index in [9.17, 15) is 0 Å². The van der Waals surface area contributed by atoms with Gasteiger partial charge in [0.05, 0.1) is 6.33 Å². The van der Waals surface area contributed by atoms with Crippen molar-refractivity contribution in [2.45, 2.75) is 32.2 Å². The topological polar surface area (TPSA) is 50.1 Å². The van der Waals surface area contributed by atoms with Crippen LogP contribution in [0.5, 0.6) is 0 Å². The molecule has 6 nitrogen and oxygen atoms in total. The van der Waals surface area contributed by atoms with E-state index >= 15 is 0 Å². The van der Waals surface area contributed by atoms with Gasteiger partial charge in [-0.2, -0.15) is 0 Å². The summed E-state index contributed by atoms with van der Waals surface area (Å²) in [6, 6.07) is 2.63. The molecule has 0 atom stereocenters. The van der Waals surface area contributed by atoms with E-state index in [2.05, 4.69) is 49.5 Å². The zero-order valence-corrected chi connectivity index (χ0v) is 14.3. The molecule has 124 valence electrons. The van der Waals surface area contributed by atoms with Crippen LogP contribution >= 0.6 is 0 Å². The molecule has 0 aliphatic carbocycles. The first kappa shape index (κ1) is 15.9. The first-order chi connectivity index (χ1) is 11.1. The van der Waals surface area contributed by atoms with Gasteiger partial charge in [0.1, 0.15) is 12.1 Å². The Morgan fingerprint density at radius 3 is 2.70 bits per heavy atom. The molecular formula is C17H26N6. The number of nitrogens with zero attached hydrogens (tertiary/aromatic N) is 6. The van der Waals surface area contributed by atoms with Crippen LogP contribution in [-0.4, -0.2) is 57.1 Å². The van der Waals surface area contributed by atoms with Gasteiger partial charge in [-0.05, 0) is 19.8 Å². The fourth-order valence-electron chi connectivity index (χ4n) is 3.25. The lowest BCUT2D eigenvalue weighted by molar-refractivity contribution is 0.212. The summed E-state index contributed by atoms with van der Waals surface area (Å²) >= 11 is 0. The highest BCUT2D eigenvalue weighted by atomic mass is 15.2. The second kappa shape index (κ2) is 7.08. The Morgan fingerprint density at radius 2 is 2.04 bits per heavy atom. The van der Waals surface area contributed by atoms with Gasteiger partial charge >= 0.3 is 0 Å². The number of piperidine rings is 1. The standard InChI is InChI=1S/C17H26N6/c1-14-10-17(20-12-19-14)22(3)15-4-7-23(8-5-15)9-6-16-11-18-13-21(16)2/h10-13,15H,4-9H2,1-3H3. The number of hydrogen-bond donors (Lipinski definition) is 0. The Labute approximate surface area is 138 Å². The molecule has 0 saturated carbocycles. The van der Waals surface area contributed by atoms with Crippen molar-refractivity contribution in [3.8, 4) is 0 Å². The van der Waals surface area contributed by atoms with Crippen LogP contribution in [0, 0.1) is 6.92 Å². The number of aryl methyl sites for hydroxylation is 2. The maximum absolute atomic E-state index is 4.41. The van der Waals surface area contributed by atoms with E-state index in [-0.39, 0.29) is 0 Å². The molecule has 1 fully saturated rings. The minimum Gasteiger partial charge on any atom is -0.356 e. The minimum absolute atomic E-state index is 0.567. The highest BCUT2D eigenvalue weighted by Gasteiger charge is 2.23. The summed E-state index contributed by atoms with van der Waals surface area (Å²) in [5.74, 6) is 1.03. The first-order valence-electron chi connectivity index (χ1n) is 8.32. The molecule has 0 amide bonds. The molecule has 0 unspecified atom stereocenters. The summed E-state index contributed by atoms with van der Waals surface area (Å²) in [6.45, 7) is 5.43. The summed E-state index contributed by atoms with van der Waals surface area (Å²) in [7, 11) is 4.21. The van der Waals surface area contributed by atoms with Crippen LogP contribution in [-0.2, 0) is 13.5 Å². The zero-order chi connectivity index (χ0) is 16.2. The molecule has 2 aromatic heterocycles. The highest BCUT2D eigenvalue weighted by molar-refractivity contribution is 5.39. The Balaban J connectivity index is 1.49. The predicted octanol–water partition coefficient (Wildman–Crippen LogP) is 1.66. The fourth-order valence-corrected chi connectivity index (χ4v) is 3.25. The van der Waals surface area contributed by atoms with Gasteiger partial charge in [0.15, 0.2) is 0 Å². The lowest BCUT2D eigenvalue weighted by Gasteiger charge is -2.37. The van der Waals surface area contributed by atoms with E-state index in [0.29, 0.717) is 6.04 Å². The van der Waals surface area contributed by atoms with Crippen LogP contribution < -0.4 is 4.90 Å². The summed E-state index contributed by atoms with van der Waals surface area (Å²) in [4.78, 5) is 17.6. The Kier molecular flexibility index (Phi) is 4.91. The molecule has 1 aliphatic heterocycles. The van der Waals surface area contributed by atoms with Gasteiger partial charge in [-0.15, -0.1) is 0 Å². The van der Waals surface area contributed by atoms with Gasteiger partial charge in [0.2, 0.25) is 0 Å². The molecule has 0 bridgehead atoms.